The van der Waals surface area contributed by atoms with Crippen molar-refractivity contribution in [3.05, 3.63) is 117 Å². The van der Waals surface area contributed by atoms with E-state index in [1.165, 1.54) is 16.2 Å². The zero-order chi connectivity index (χ0) is 28.5. The Labute approximate surface area is 225 Å². The predicted octanol–water partition coefficient (Wildman–Crippen LogP) is 8.16. The van der Waals surface area contributed by atoms with Gasteiger partial charge in [0.1, 0.15) is 23.1 Å². The van der Waals surface area contributed by atoms with Crippen LogP contribution in [0, 0.1) is 25.2 Å². The van der Waals surface area contributed by atoms with Gasteiger partial charge in [-0.1, -0.05) is 62.7 Å². The second-order valence-corrected chi connectivity index (χ2v) is 10.7. The standard InChI is InChI=1S/C32H29F3N2O2/c1-20-7-6-8-22(15-20)19-37-28(17-27(32(33,34)35)26(18-36)30(37)38)23-9-12-25(13-10-23)39-29-14-11-24(16-21(29)2)31(3,4)5/h6-17H,19H2,1-5H3. The highest BCUT2D eigenvalue weighted by Crippen LogP contribution is 2.35. The number of alkyl halides is 3. The van der Waals surface area contributed by atoms with Crippen LogP contribution in [0.4, 0.5) is 13.2 Å². The van der Waals surface area contributed by atoms with Gasteiger partial charge in [0.2, 0.25) is 0 Å². The molecule has 0 radical (unpaired) electrons. The molecule has 0 saturated carbocycles. The van der Waals surface area contributed by atoms with Gasteiger partial charge in [-0.05, 0) is 77.9 Å². The molecule has 4 nitrogen and oxygen atoms in total. The van der Waals surface area contributed by atoms with E-state index in [-0.39, 0.29) is 17.7 Å². The number of hydrogen-bond donors (Lipinski definition) is 0. The minimum Gasteiger partial charge on any atom is -0.457 e. The molecule has 0 aliphatic heterocycles. The first-order valence-corrected chi connectivity index (χ1v) is 12.5. The molecular formula is C32H29F3N2O2. The van der Waals surface area contributed by atoms with Gasteiger partial charge >= 0.3 is 6.18 Å². The Balaban J connectivity index is 1.77. The van der Waals surface area contributed by atoms with Crippen LogP contribution in [-0.4, -0.2) is 4.57 Å². The van der Waals surface area contributed by atoms with Gasteiger partial charge in [0.15, 0.2) is 0 Å². The molecule has 3 aromatic carbocycles. The second kappa shape index (κ2) is 10.5. The molecule has 0 aliphatic carbocycles. The maximum atomic E-state index is 13.8. The van der Waals surface area contributed by atoms with Gasteiger partial charge in [-0.25, -0.2) is 0 Å². The molecule has 0 N–H and O–H groups in total. The largest absolute Gasteiger partial charge is 0.457 e. The first kappa shape index (κ1) is 27.7. The highest BCUT2D eigenvalue weighted by atomic mass is 19.4. The van der Waals surface area contributed by atoms with Crippen molar-refractivity contribution in [2.45, 2.75) is 52.8 Å². The van der Waals surface area contributed by atoms with Gasteiger partial charge in [0.25, 0.3) is 5.56 Å². The van der Waals surface area contributed by atoms with Crippen LogP contribution in [0.3, 0.4) is 0 Å². The first-order chi connectivity index (χ1) is 18.3. The SMILES string of the molecule is Cc1cccc(Cn2c(-c3ccc(Oc4ccc(C(C)(C)C)cc4C)cc3)cc(C(F)(F)F)c(C#N)c2=O)c1. The van der Waals surface area contributed by atoms with Gasteiger partial charge < -0.3 is 9.30 Å². The third kappa shape index (κ3) is 6.06. The van der Waals surface area contributed by atoms with E-state index >= 15 is 0 Å². The van der Waals surface area contributed by atoms with E-state index in [1.54, 1.807) is 30.3 Å². The Hall–Kier alpha value is -4.31. The third-order valence-corrected chi connectivity index (χ3v) is 6.56. The summed E-state index contributed by atoms with van der Waals surface area (Å²) in [5, 5.41) is 9.44. The number of halogens is 3. The monoisotopic (exact) mass is 530 g/mol. The summed E-state index contributed by atoms with van der Waals surface area (Å²) in [4.78, 5) is 13.2. The molecule has 4 rings (SSSR count). The number of hydrogen-bond acceptors (Lipinski definition) is 3. The Morgan fingerprint density at radius 1 is 0.923 bits per heavy atom. The maximum absolute atomic E-state index is 13.8. The van der Waals surface area contributed by atoms with Crippen molar-refractivity contribution in [1.82, 2.24) is 4.57 Å². The lowest BCUT2D eigenvalue weighted by atomic mass is 9.86. The summed E-state index contributed by atoms with van der Waals surface area (Å²) < 4.78 is 48.8. The summed E-state index contributed by atoms with van der Waals surface area (Å²) in [6.07, 6.45) is -4.86. The quantitative estimate of drug-likeness (QED) is 0.262. The summed E-state index contributed by atoms with van der Waals surface area (Å²) in [5.41, 5.74) is 1.10. The van der Waals surface area contributed by atoms with Gasteiger partial charge in [-0.2, -0.15) is 18.4 Å². The highest BCUT2D eigenvalue weighted by Gasteiger charge is 2.36. The molecule has 4 aromatic rings. The van der Waals surface area contributed by atoms with Crippen molar-refractivity contribution in [1.29, 1.82) is 5.26 Å². The number of nitrogens with zero attached hydrogens (tertiary/aromatic N) is 2. The summed E-state index contributed by atoms with van der Waals surface area (Å²) in [6.45, 7) is 10.3. The van der Waals surface area contributed by atoms with Crippen molar-refractivity contribution in [2.24, 2.45) is 0 Å². The second-order valence-electron chi connectivity index (χ2n) is 10.7. The van der Waals surface area contributed by atoms with Crippen LogP contribution in [0.25, 0.3) is 11.3 Å². The Kier molecular flexibility index (Phi) is 7.43. The van der Waals surface area contributed by atoms with Crippen molar-refractivity contribution in [3.63, 3.8) is 0 Å². The Morgan fingerprint density at radius 2 is 1.62 bits per heavy atom. The van der Waals surface area contributed by atoms with Gasteiger partial charge in [0.05, 0.1) is 17.8 Å². The van der Waals surface area contributed by atoms with E-state index in [0.717, 1.165) is 22.8 Å². The summed E-state index contributed by atoms with van der Waals surface area (Å²) in [6, 6.07) is 22.2. The molecule has 0 bridgehead atoms. The van der Waals surface area contributed by atoms with E-state index in [1.807, 2.05) is 44.2 Å². The van der Waals surface area contributed by atoms with Crippen LogP contribution in [-0.2, 0) is 18.1 Å². The van der Waals surface area contributed by atoms with Crippen LogP contribution in [0.5, 0.6) is 11.5 Å². The summed E-state index contributed by atoms with van der Waals surface area (Å²) in [7, 11) is 0. The molecule has 0 fully saturated rings. The number of benzene rings is 3. The van der Waals surface area contributed by atoms with Crippen LogP contribution < -0.4 is 10.3 Å². The van der Waals surface area contributed by atoms with Crippen LogP contribution >= 0.6 is 0 Å². The van der Waals surface area contributed by atoms with Crippen molar-refractivity contribution < 1.29 is 17.9 Å². The van der Waals surface area contributed by atoms with E-state index in [0.29, 0.717) is 17.1 Å². The van der Waals surface area contributed by atoms with Gasteiger partial charge in [-0.15, -0.1) is 0 Å². The van der Waals surface area contributed by atoms with E-state index < -0.39 is 22.9 Å². The smallest absolute Gasteiger partial charge is 0.417 e. The molecule has 0 saturated heterocycles. The van der Waals surface area contributed by atoms with Gasteiger partial charge in [-0.3, -0.25) is 4.79 Å². The minimum absolute atomic E-state index is 0.00443. The third-order valence-electron chi connectivity index (χ3n) is 6.56. The van der Waals surface area contributed by atoms with Crippen LogP contribution in [0.2, 0.25) is 0 Å². The van der Waals surface area contributed by atoms with E-state index in [4.69, 9.17) is 4.74 Å². The fourth-order valence-corrected chi connectivity index (χ4v) is 4.42. The normalized spacial score (nSPS) is 11.8. The Bertz CT molecular complexity index is 1620. The van der Waals surface area contributed by atoms with Gasteiger partial charge in [0, 0.05) is 0 Å². The van der Waals surface area contributed by atoms with Crippen LogP contribution in [0.15, 0.2) is 77.6 Å². The van der Waals surface area contributed by atoms with E-state index in [9.17, 15) is 23.2 Å². The molecule has 1 aromatic heterocycles. The lowest BCUT2D eigenvalue weighted by Gasteiger charge is -2.20. The molecule has 7 heteroatoms. The minimum atomic E-state index is -4.86. The fraction of sp³-hybridized carbons (Fsp3) is 0.250. The average molecular weight is 531 g/mol. The number of aryl methyl sites for hydroxylation is 2. The van der Waals surface area contributed by atoms with Crippen LogP contribution in [0.1, 0.15) is 54.2 Å². The molecule has 39 heavy (non-hydrogen) atoms. The average Bonchev–Trinajstić information content (AvgIpc) is 2.85. The zero-order valence-corrected chi connectivity index (χ0v) is 22.5. The number of aromatic nitrogens is 1. The van der Waals surface area contributed by atoms with Crippen molar-refractivity contribution in [2.75, 3.05) is 0 Å². The summed E-state index contributed by atoms with van der Waals surface area (Å²) in [5.74, 6) is 1.17. The van der Waals surface area contributed by atoms with Crippen molar-refractivity contribution >= 4 is 0 Å². The predicted molar refractivity (Wildman–Crippen MR) is 146 cm³/mol. The molecular weight excluding hydrogens is 501 g/mol. The molecule has 0 atom stereocenters. The first-order valence-electron chi connectivity index (χ1n) is 12.5. The number of rotatable bonds is 5. The number of ether oxygens (including phenoxy) is 1. The molecule has 1 heterocycles. The topological polar surface area (TPSA) is 55.0 Å². The molecule has 0 spiro atoms. The molecule has 0 aliphatic rings. The van der Waals surface area contributed by atoms with Crippen molar-refractivity contribution in [3.8, 4) is 28.8 Å². The maximum Gasteiger partial charge on any atom is 0.417 e. The van der Waals surface area contributed by atoms with E-state index in [2.05, 4.69) is 26.8 Å². The zero-order valence-electron chi connectivity index (χ0n) is 22.5. The summed E-state index contributed by atoms with van der Waals surface area (Å²) >= 11 is 0. The Morgan fingerprint density at radius 3 is 2.18 bits per heavy atom. The molecule has 200 valence electrons. The lowest BCUT2D eigenvalue weighted by molar-refractivity contribution is -0.137. The molecule has 0 amide bonds. The highest BCUT2D eigenvalue weighted by molar-refractivity contribution is 5.64. The number of pyridine rings is 1. The number of nitriles is 1. The molecule has 0 unspecified atom stereocenters. The lowest BCUT2D eigenvalue weighted by Crippen LogP contribution is -2.28. The fourth-order valence-electron chi connectivity index (χ4n) is 4.42.